The maximum atomic E-state index is 5.98. The highest BCUT2D eigenvalue weighted by molar-refractivity contribution is 5.65. The Hall–Kier alpha value is -2.30. The Morgan fingerprint density at radius 2 is 1.71 bits per heavy atom. The van der Waals surface area contributed by atoms with E-state index in [0.29, 0.717) is 5.82 Å². The molecule has 0 spiro atoms. The number of benzene rings is 1. The Morgan fingerprint density at radius 3 is 2.24 bits per heavy atom. The van der Waals surface area contributed by atoms with Crippen LogP contribution in [0.4, 0.5) is 23.0 Å². The number of hydrogen-bond donors (Lipinski definition) is 2. The fourth-order valence-corrected chi connectivity index (χ4v) is 1.91. The van der Waals surface area contributed by atoms with Crippen molar-refractivity contribution < 1.29 is 0 Å². The molecular formula is C16H23N5. The Bertz CT molecular complexity index is 617. The van der Waals surface area contributed by atoms with Crippen LogP contribution in [0.2, 0.25) is 0 Å². The van der Waals surface area contributed by atoms with E-state index in [1.165, 1.54) is 0 Å². The van der Waals surface area contributed by atoms with Crippen molar-refractivity contribution in [1.29, 1.82) is 0 Å². The molecule has 2 rings (SSSR count). The van der Waals surface area contributed by atoms with Crippen LogP contribution in [0.3, 0.4) is 0 Å². The van der Waals surface area contributed by atoms with Crippen LogP contribution in [0.25, 0.3) is 0 Å². The summed E-state index contributed by atoms with van der Waals surface area (Å²) >= 11 is 0. The van der Waals surface area contributed by atoms with Crippen molar-refractivity contribution in [3.8, 4) is 0 Å². The quantitative estimate of drug-likeness (QED) is 0.902. The zero-order valence-corrected chi connectivity index (χ0v) is 13.3. The topological polar surface area (TPSA) is 67.1 Å². The standard InChI is InChI=1S/C16H23N5/c1-10(2)15-19-14(17)11(3)16(20-15)18-12-6-8-13(9-7-12)21(4)5/h6-10H,1-5H3,(H3,17,18,19,20). The smallest absolute Gasteiger partial charge is 0.139 e. The molecule has 1 aromatic heterocycles. The van der Waals surface area contributed by atoms with E-state index in [9.17, 15) is 0 Å². The zero-order chi connectivity index (χ0) is 15.6. The predicted octanol–water partition coefficient (Wildman–Crippen LogP) is 3.30. The number of nitrogens with two attached hydrogens (primary N) is 1. The van der Waals surface area contributed by atoms with E-state index in [2.05, 4.69) is 46.2 Å². The van der Waals surface area contributed by atoms with Crippen molar-refractivity contribution in [2.75, 3.05) is 30.0 Å². The molecule has 0 saturated heterocycles. The summed E-state index contributed by atoms with van der Waals surface area (Å²) in [5.74, 6) is 2.29. The average molecular weight is 285 g/mol. The van der Waals surface area contributed by atoms with Gasteiger partial charge in [-0.05, 0) is 31.2 Å². The summed E-state index contributed by atoms with van der Waals surface area (Å²) in [6.07, 6.45) is 0. The van der Waals surface area contributed by atoms with Crippen LogP contribution < -0.4 is 16.0 Å². The number of nitrogen functional groups attached to an aromatic ring is 1. The van der Waals surface area contributed by atoms with Gasteiger partial charge >= 0.3 is 0 Å². The van der Waals surface area contributed by atoms with Crippen molar-refractivity contribution in [2.24, 2.45) is 0 Å². The SMILES string of the molecule is Cc1c(N)nc(C(C)C)nc1Nc1ccc(N(C)C)cc1. The van der Waals surface area contributed by atoms with Gasteiger partial charge in [-0.15, -0.1) is 0 Å². The third-order valence-electron chi connectivity index (χ3n) is 3.36. The predicted molar refractivity (Wildman–Crippen MR) is 89.3 cm³/mol. The first-order valence-corrected chi connectivity index (χ1v) is 7.07. The lowest BCUT2D eigenvalue weighted by molar-refractivity contribution is 0.776. The van der Waals surface area contributed by atoms with Crippen LogP contribution in [0.15, 0.2) is 24.3 Å². The summed E-state index contributed by atoms with van der Waals surface area (Å²) in [4.78, 5) is 11.0. The molecule has 1 aromatic carbocycles. The van der Waals surface area contributed by atoms with Crippen LogP contribution in [0, 0.1) is 6.92 Å². The Morgan fingerprint density at radius 1 is 1.10 bits per heavy atom. The summed E-state index contributed by atoms with van der Waals surface area (Å²) in [6.45, 7) is 6.04. The highest BCUT2D eigenvalue weighted by atomic mass is 15.1. The molecule has 0 unspecified atom stereocenters. The van der Waals surface area contributed by atoms with Gasteiger partial charge in [0, 0.05) is 37.0 Å². The minimum atomic E-state index is 0.240. The number of hydrogen-bond acceptors (Lipinski definition) is 5. The van der Waals surface area contributed by atoms with Gasteiger partial charge in [-0.1, -0.05) is 13.8 Å². The fourth-order valence-electron chi connectivity index (χ4n) is 1.91. The molecule has 1 heterocycles. The lowest BCUT2D eigenvalue weighted by Gasteiger charge is -2.15. The molecule has 0 bridgehead atoms. The minimum Gasteiger partial charge on any atom is -0.383 e. The number of rotatable bonds is 4. The Kier molecular flexibility index (Phi) is 4.31. The zero-order valence-electron chi connectivity index (χ0n) is 13.3. The monoisotopic (exact) mass is 285 g/mol. The van der Waals surface area contributed by atoms with E-state index in [0.717, 1.165) is 28.6 Å². The number of anilines is 4. The molecule has 112 valence electrons. The molecule has 3 N–H and O–H groups in total. The van der Waals surface area contributed by atoms with Gasteiger partial charge in [-0.3, -0.25) is 0 Å². The van der Waals surface area contributed by atoms with Crippen molar-refractivity contribution in [2.45, 2.75) is 26.7 Å². The molecule has 5 heteroatoms. The van der Waals surface area contributed by atoms with Gasteiger partial charge in [-0.25, -0.2) is 9.97 Å². The number of nitrogens with zero attached hydrogens (tertiary/aromatic N) is 3. The second-order valence-corrected chi connectivity index (χ2v) is 5.66. The van der Waals surface area contributed by atoms with Gasteiger partial charge in [0.25, 0.3) is 0 Å². The van der Waals surface area contributed by atoms with E-state index in [-0.39, 0.29) is 5.92 Å². The largest absolute Gasteiger partial charge is 0.383 e. The first kappa shape index (κ1) is 15.1. The molecule has 0 radical (unpaired) electrons. The lowest BCUT2D eigenvalue weighted by Crippen LogP contribution is -2.09. The molecule has 5 nitrogen and oxygen atoms in total. The maximum absolute atomic E-state index is 5.98. The van der Waals surface area contributed by atoms with Crippen molar-refractivity contribution in [3.63, 3.8) is 0 Å². The molecule has 0 aliphatic heterocycles. The second kappa shape index (κ2) is 5.99. The Labute approximate surface area is 126 Å². The van der Waals surface area contributed by atoms with E-state index in [1.54, 1.807) is 0 Å². The molecule has 0 aliphatic carbocycles. The van der Waals surface area contributed by atoms with Crippen LogP contribution in [0.1, 0.15) is 31.2 Å². The highest BCUT2D eigenvalue weighted by Crippen LogP contribution is 2.25. The van der Waals surface area contributed by atoms with Crippen LogP contribution in [0.5, 0.6) is 0 Å². The van der Waals surface area contributed by atoms with Crippen molar-refractivity contribution in [3.05, 3.63) is 35.7 Å². The molecule has 0 aliphatic rings. The van der Waals surface area contributed by atoms with Gasteiger partial charge in [0.15, 0.2) is 0 Å². The fraction of sp³-hybridized carbons (Fsp3) is 0.375. The molecule has 2 aromatic rings. The van der Waals surface area contributed by atoms with Crippen LogP contribution in [-0.4, -0.2) is 24.1 Å². The summed E-state index contributed by atoms with van der Waals surface area (Å²) in [7, 11) is 4.04. The van der Waals surface area contributed by atoms with E-state index < -0.39 is 0 Å². The van der Waals surface area contributed by atoms with Gasteiger partial charge in [-0.2, -0.15) is 0 Å². The normalized spacial score (nSPS) is 10.8. The summed E-state index contributed by atoms with van der Waals surface area (Å²) in [6, 6.07) is 8.18. The Balaban J connectivity index is 2.30. The van der Waals surface area contributed by atoms with E-state index >= 15 is 0 Å². The third-order valence-corrected chi connectivity index (χ3v) is 3.36. The van der Waals surface area contributed by atoms with Gasteiger partial charge in [0.05, 0.1) is 0 Å². The van der Waals surface area contributed by atoms with Crippen molar-refractivity contribution in [1.82, 2.24) is 9.97 Å². The lowest BCUT2D eigenvalue weighted by atomic mass is 10.2. The van der Waals surface area contributed by atoms with E-state index in [4.69, 9.17) is 5.73 Å². The van der Waals surface area contributed by atoms with Crippen LogP contribution >= 0.6 is 0 Å². The minimum absolute atomic E-state index is 0.240. The third kappa shape index (κ3) is 3.42. The second-order valence-electron chi connectivity index (χ2n) is 5.66. The van der Waals surface area contributed by atoms with Crippen molar-refractivity contribution >= 4 is 23.0 Å². The molecule has 0 atom stereocenters. The van der Waals surface area contributed by atoms with E-state index in [1.807, 2.05) is 33.2 Å². The first-order valence-electron chi connectivity index (χ1n) is 7.07. The molecule has 21 heavy (non-hydrogen) atoms. The summed E-state index contributed by atoms with van der Waals surface area (Å²) < 4.78 is 0. The van der Waals surface area contributed by atoms with Crippen LogP contribution in [-0.2, 0) is 0 Å². The molecule has 0 amide bonds. The summed E-state index contributed by atoms with van der Waals surface area (Å²) in [5, 5.41) is 3.32. The first-order chi connectivity index (χ1) is 9.88. The molecular weight excluding hydrogens is 262 g/mol. The summed E-state index contributed by atoms with van der Waals surface area (Å²) in [5.41, 5.74) is 8.99. The molecule has 0 fully saturated rings. The molecule has 0 saturated carbocycles. The maximum Gasteiger partial charge on any atom is 0.139 e. The van der Waals surface area contributed by atoms with Gasteiger partial charge < -0.3 is 16.0 Å². The highest BCUT2D eigenvalue weighted by Gasteiger charge is 2.11. The van der Waals surface area contributed by atoms with Gasteiger partial charge in [0.1, 0.15) is 17.5 Å². The van der Waals surface area contributed by atoms with Gasteiger partial charge in [0.2, 0.25) is 0 Å². The average Bonchev–Trinajstić information content (AvgIpc) is 2.44. The number of aromatic nitrogens is 2. The number of nitrogens with one attached hydrogen (secondary N) is 1.